The molecule has 3 aromatic heterocycles. The van der Waals surface area contributed by atoms with Crippen molar-refractivity contribution < 1.29 is 0 Å². The van der Waals surface area contributed by atoms with Gasteiger partial charge in [0.05, 0.1) is 23.1 Å². The summed E-state index contributed by atoms with van der Waals surface area (Å²) < 4.78 is 0. The Kier molecular flexibility index (Phi) is 4.62. The van der Waals surface area contributed by atoms with Crippen LogP contribution in [0, 0.1) is 5.92 Å². The average Bonchev–Trinajstić information content (AvgIpc) is 3.29. The zero-order valence-electron chi connectivity index (χ0n) is 13.4. The van der Waals surface area contributed by atoms with Crippen molar-refractivity contribution in [1.29, 1.82) is 0 Å². The Hall–Kier alpha value is -2.12. The minimum Gasteiger partial charge on any atom is -0.343 e. The first kappa shape index (κ1) is 15.4. The van der Waals surface area contributed by atoms with Crippen LogP contribution in [-0.4, -0.2) is 42.9 Å². The minimum atomic E-state index is 0.624. The number of piperidine rings is 1. The van der Waals surface area contributed by atoms with Gasteiger partial charge in [-0.05, 0) is 31.7 Å². The summed E-state index contributed by atoms with van der Waals surface area (Å²) in [5, 5.41) is 2.14. The topological polar surface area (TPSA) is 70.6 Å². The highest BCUT2D eigenvalue weighted by molar-refractivity contribution is 7.07. The molecule has 4 rings (SSSR count). The maximum absolute atomic E-state index is 4.72. The molecule has 3 aromatic rings. The Balaban J connectivity index is 1.40. The fraction of sp³-hybridized carbons (Fsp3) is 0.412. The molecule has 1 aliphatic rings. The number of aromatic amines is 1. The molecule has 6 nitrogen and oxygen atoms in total. The van der Waals surface area contributed by atoms with E-state index in [9.17, 15) is 0 Å². The second-order valence-corrected chi connectivity index (χ2v) is 6.98. The fourth-order valence-electron chi connectivity index (χ4n) is 3.33. The average molecular weight is 340 g/mol. The van der Waals surface area contributed by atoms with Gasteiger partial charge in [0.15, 0.2) is 5.82 Å². The number of rotatable bonds is 5. The second kappa shape index (κ2) is 7.19. The smallest absolute Gasteiger partial charge is 0.157 e. The minimum absolute atomic E-state index is 0.624. The number of hydrogen-bond donors (Lipinski definition) is 1. The van der Waals surface area contributed by atoms with Crippen LogP contribution < -0.4 is 0 Å². The highest BCUT2D eigenvalue weighted by Gasteiger charge is 2.21. The lowest BCUT2D eigenvalue weighted by atomic mass is 9.93. The number of likely N-dealkylation sites (tertiary alicyclic amines) is 1. The summed E-state index contributed by atoms with van der Waals surface area (Å²) in [7, 11) is 0. The van der Waals surface area contributed by atoms with E-state index >= 15 is 0 Å². The molecule has 124 valence electrons. The lowest BCUT2D eigenvalue weighted by Gasteiger charge is -2.32. The Labute approximate surface area is 145 Å². The molecule has 1 atom stereocenters. The van der Waals surface area contributed by atoms with Gasteiger partial charge in [-0.25, -0.2) is 15.0 Å². The zero-order valence-corrected chi connectivity index (χ0v) is 14.2. The molecule has 1 N–H and O–H groups in total. The largest absolute Gasteiger partial charge is 0.343 e. The number of hydrogen-bond acceptors (Lipinski definition) is 6. The number of imidazole rings is 1. The number of thiazole rings is 1. The van der Waals surface area contributed by atoms with Gasteiger partial charge in [0.1, 0.15) is 5.69 Å². The Morgan fingerprint density at radius 2 is 2.25 bits per heavy atom. The van der Waals surface area contributed by atoms with E-state index in [0.29, 0.717) is 5.92 Å². The van der Waals surface area contributed by atoms with Crippen molar-refractivity contribution in [3.05, 3.63) is 47.1 Å². The van der Waals surface area contributed by atoms with Crippen LogP contribution in [0.15, 0.2) is 35.7 Å². The zero-order chi connectivity index (χ0) is 16.2. The highest BCUT2D eigenvalue weighted by atomic mass is 32.1. The molecule has 0 unspecified atom stereocenters. The maximum atomic E-state index is 4.72. The lowest BCUT2D eigenvalue weighted by Crippen LogP contribution is -2.35. The Bertz CT molecular complexity index is 755. The van der Waals surface area contributed by atoms with Crippen LogP contribution in [0.1, 0.15) is 24.2 Å². The van der Waals surface area contributed by atoms with Crippen molar-refractivity contribution in [2.45, 2.75) is 25.8 Å². The van der Waals surface area contributed by atoms with Gasteiger partial charge in [0.25, 0.3) is 0 Å². The molecule has 0 radical (unpaired) electrons. The number of H-pyrrole nitrogens is 1. The lowest BCUT2D eigenvalue weighted by molar-refractivity contribution is 0.165. The van der Waals surface area contributed by atoms with E-state index in [4.69, 9.17) is 4.98 Å². The van der Waals surface area contributed by atoms with E-state index in [1.54, 1.807) is 29.9 Å². The van der Waals surface area contributed by atoms with E-state index in [2.05, 4.69) is 30.2 Å². The molecule has 0 bridgehead atoms. The third kappa shape index (κ3) is 3.68. The van der Waals surface area contributed by atoms with Crippen LogP contribution in [0.5, 0.6) is 0 Å². The van der Waals surface area contributed by atoms with Crippen LogP contribution in [0.2, 0.25) is 0 Å². The van der Waals surface area contributed by atoms with Crippen molar-refractivity contribution in [3.63, 3.8) is 0 Å². The molecular weight excluding hydrogens is 320 g/mol. The van der Waals surface area contributed by atoms with E-state index < -0.39 is 0 Å². The van der Waals surface area contributed by atoms with E-state index in [1.807, 2.05) is 11.7 Å². The first-order chi connectivity index (χ1) is 11.9. The Morgan fingerprint density at radius 1 is 1.25 bits per heavy atom. The summed E-state index contributed by atoms with van der Waals surface area (Å²) in [4.78, 5) is 23.3. The summed E-state index contributed by atoms with van der Waals surface area (Å²) >= 11 is 1.67. The molecule has 0 aromatic carbocycles. The van der Waals surface area contributed by atoms with Crippen molar-refractivity contribution in [1.82, 2.24) is 29.8 Å². The van der Waals surface area contributed by atoms with Crippen LogP contribution in [0.4, 0.5) is 0 Å². The highest BCUT2D eigenvalue weighted by Crippen LogP contribution is 2.22. The summed E-state index contributed by atoms with van der Waals surface area (Å²) in [6.07, 6.45) is 10.6. The normalized spacial score (nSPS) is 18.8. The molecule has 24 heavy (non-hydrogen) atoms. The van der Waals surface area contributed by atoms with Crippen LogP contribution >= 0.6 is 11.3 Å². The first-order valence-electron chi connectivity index (χ1n) is 8.27. The van der Waals surface area contributed by atoms with Crippen molar-refractivity contribution in [2.75, 3.05) is 13.1 Å². The molecule has 1 aliphatic heterocycles. The van der Waals surface area contributed by atoms with E-state index in [-0.39, 0.29) is 0 Å². The predicted molar refractivity (Wildman–Crippen MR) is 93.4 cm³/mol. The molecule has 1 fully saturated rings. The first-order valence-corrected chi connectivity index (χ1v) is 9.21. The molecular formula is C17H20N6S. The van der Waals surface area contributed by atoms with Gasteiger partial charge < -0.3 is 4.98 Å². The van der Waals surface area contributed by atoms with Crippen molar-refractivity contribution in [3.8, 4) is 11.5 Å². The molecule has 0 aliphatic carbocycles. The number of nitrogens with zero attached hydrogens (tertiary/aromatic N) is 5. The van der Waals surface area contributed by atoms with Crippen LogP contribution in [0.25, 0.3) is 11.5 Å². The summed E-state index contributed by atoms with van der Waals surface area (Å²) in [5.41, 5.74) is 4.95. The quantitative estimate of drug-likeness (QED) is 0.773. The second-order valence-electron chi connectivity index (χ2n) is 6.26. The molecule has 7 heteroatoms. The number of aromatic nitrogens is 5. The molecule has 0 spiro atoms. The maximum Gasteiger partial charge on any atom is 0.157 e. The third-order valence-electron chi connectivity index (χ3n) is 4.40. The van der Waals surface area contributed by atoms with Crippen LogP contribution in [0.3, 0.4) is 0 Å². The molecule has 0 amide bonds. The predicted octanol–water partition coefficient (Wildman–Crippen LogP) is 2.78. The van der Waals surface area contributed by atoms with Gasteiger partial charge in [-0.15, -0.1) is 11.3 Å². The van der Waals surface area contributed by atoms with Crippen molar-refractivity contribution in [2.24, 2.45) is 5.92 Å². The molecule has 1 saturated heterocycles. The van der Waals surface area contributed by atoms with Gasteiger partial charge in [-0.2, -0.15) is 0 Å². The van der Waals surface area contributed by atoms with Crippen molar-refractivity contribution >= 4 is 11.3 Å². The van der Waals surface area contributed by atoms with Gasteiger partial charge in [0.2, 0.25) is 0 Å². The van der Waals surface area contributed by atoms with Gasteiger partial charge >= 0.3 is 0 Å². The number of nitrogens with one attached hydrogen (secondary N) is 1. The summed E-state index contributed by atoms with van der Waals surface area (Å²) in [6, 6.07) is 0. The van der Waals surface area contributed by atoms with E-state index in [0.717, 1.165) is 43.3 Å². The van der Waals surface area contributed by atoms with Gasteiger partial charge in [-0.1, -0.05) is 0 Å². The Morgan fingerprint density at radius 3 is 3.08 bits per heavy atom. The van der Waals surface area contributed by atoms with E-state index in [1.165, 1.54) is 18.5 Å². The van der Waals surface area contributed by atoms with Crippen LogP contribution in [-0.2, 0) is 13.0 Å². The SMILES string of the molecule is c1c[nH]c(-c2cncc(C[C@H]3CCCN(Cc4cscn4)C3)n2)n1. The third-order valence-corrected chi connectivity index (χ3v) is 5.03. The summed E-state index contributed by atoms with van der Waals surface area (Å²) in [5.74, 6) is 1.40. The van der Waals surface area contributed by atoms with Gasteiger partial charge in [-0.3, -0.25) is 9.88 Å². The summed E-state index contributed by atoms with van der Waals surface area (Å²) in [6.45, 7) is 3.22. The monoisotopic (exact) mass is 340 g/mol. The van der Waals surface area contributed by atoms with Gasteiger partial charge in [0, 0.05) is 37.1 Å². The standard InChI is InChI=1S/C17H20N6S/c1-2-13(9-23(5-1)10-15-11-24-12-21-15)6-14-7-18-8-16(22-14)17-19-3-4-20-17/h3-4,7-8,11-13H,1-2,5-6,9-10H2,(H,19,20)/t13-/m1/s1. The fourth-order valence-corrected chi connectivity index (χ4v) is 3.88. The molecule has 0 saturated carbocycles. The molecule has 4 heterocycles.